The van der Waals surface area contributed by atoms with Gasteiger partial charge >= 0.3 is 0 Å². The lowest BCUT2D eigenvalue weighted by Gasteiger charge is -2.10. The van der Waals surface area contributed by atoms with Gasteiger partial charge in [-0.15, -0.1) is 11.3 Å². The van der Waals surface area contributed by atoms with Crippen LogP contribution in [-0.2, 0) is 13.0 Å². The lowest BCUT2D eigenvalue weighted by Crippen LogP contribution is -2.16. The first-order valence-electron chi connectivity index (χ1n) is 6.51. The fourth-order valence-corrected chi connectivity index (χ4v) is 2.78. The van der Waals surface area contributed by atoms with E-state index in [0.29, 0.717) is 0 Å². The summed E-state index contributed by atoms with van der Waals surface area (Å²) in [5, 5.41) is 6.85. The van der Waals surface area contributed by atoms with Crippen molar-refractivity contribution in [1.82, 2.24) is 10.3 Å². The summed E-state index contributed by atoms with van der Waals surface area (Å²) < 4.78 is 0. The summed E-state index contributed by atoms with van der Waals surface area (Å²) in [6, 6.07) is 7.52. The van der Waals surface area contributed by atoms with E-state index >= 15 is 0 Å². The Bertz CT molecular complexity index is 515. The largest absolute Gasteiger partial charge is 0.310 e. The molecule has 2 aromatic rings. The maximum Gasteiger partial charge on any atom is 0.0968 e. The Morgan fingerprint density at radius 2 is 2.22 bits per heavy atom. The number of aromatic nitrogens is 1. The molecule has 1 heterocycles. The molecule has 0 atom stereocenters. The average molecular weight is 258 g/mol. The molecule has 0 amide bonds. The van der Waals surface area contributed by atoms with Crippen molar-refractivity contribution in [1.29, 1.82) is 0 Å². The number of rotatable bonds is 5. The van der Waals surface area contributed by atoms with Crippen LogP contribution in [-0.4, -0.2) is 11.0 Å². The van der Waals surface area contributed by atoms with E-state index in [1.165, 1.54) is 34.5 Å². The fraction of sp³-hybridized carbons (Fsp3) is 0.400. The predicted octanol–water partition coefficient (Wildman–Crippen LogP) is 3.29. The lowest BCUT2D eigenvalue weighted by molar-refractivity contribution is 0.683. The van der Waals surface area contributed by atoms with Gasteiger partial charge in [-0.2, -0.15) is 0 Å². The summed E-state index contributed by atoms with van der Waals surface area (Å²) in [5.41, 5.74) is 4.16. The Morgan fingerprint density at radius 3 is 2.94 bits per heavy atom. The molecule has 3 rings (SSSR count). The second-order valence-electron chi connectivity index (χ2n) is 5.03. The van der Waals surface area contributed by atoms with Gasteiger partial charge in [0.2, 0.25) is 0 Å². The van der Waals surface area contributed by atoms with Gasteiger partial charge in [-0.05, 0) is 30.9 Å². The zero-order valence-electron chi connectivity index (χ0n) is 10.6. The minimum atomic E-state index is 0.763. The number of hydrogen-bond acceptors (Lipinski definition) is 3. The van der Waals surface area contributed by atoms with Crippen LogP contribution in [0.2, 0.25) is 0 Å². The van der Waals surface area contributed by atoms with Gasteiger partial charge in [0.15, 0.2) is 0 Å². The number of benzene rings is 1. The smallest absolute Gasteiger partial charge is 0.0968 e. The van der Waals surface area contributed by atoms with Crippen LogP contribution in [0.3, 0.4) is 0 Å². The predicted molar refractivity (Wildman–Crippen MR) is 76.0 cm³/mol. The van der Waals surface area contributed by atoms with Gasteiger partial charge in [-0.25, -0.2) is 4.98 Å². The quantitative estimate of drug-likeness (QED) is 0.890. The van der Waals surface area contributed by atoms with Crippen LogP contribution < -0.4 is 5.32 Å². The van der Waals surface area contributed by atoms with Crippen molar-refractivity contribution in [2.75, 3.05) is 0 Å². The minimum Gasteiger partial charge on any atom is -0.310 e. The molecule has 0 saturated heterocycles. The van der Waals surface area contributed by atoms with Gasteiger partial charge in [0.1, 0.15) is 0 Å². The summed E-state index contributed by atoms with van der Waals surface area (Å²) in [5.74, 6) is 0. The molecule has 0 bridgehead atoms. The first-order chi connectivity index (χ1) is 8.81. The van der Waals surface area contributed by atoms with Gasteiger partial charge < -0.3 is 5.32 Å². The number of nitrogens with one attached hydrogen (secondary N) is 1. The first kappa shape index (κ1) is 11.9. The topological polar surface area (TPSA) is 24.9 Å². The number of aryl methyl sites for hydroxylation is 1. The molecular weight excluding hydrogens is 240 g/mol. The van der Waals surface area contributed by atoms with Crippen LogP contribution in [0.5, 0.6) is 0 Å². The van der Waals surface area contributed by atoms with Crippen molar-refractivity contribution in [2.45, 2.75) is 38.8 Å². The Morgan fingerprint density at radius 1 is 1.33 bits per heavy atom. The minimum absolute atomic E-state index is 0.763. The van der Waals surface area contributed by atoms with Crippen molar-refractivity contribution >= 4 is 11.3 Å². The van der Waals surface area contributed by atoms with E-state index < -0.39 is 0 Å². The Balaban J connectivity index is 1.78. The monoisotopic (exact) mass is 258 g/mol. The SMILES string of the molecule is Cc1ccc(CNC2CC2)c(Cc2nccs2)c1. The van der Waals surface area contributed by atoms with Crippen LogP contribution in [0.1, 0.15) is 34.5 Å². The standard InChI is InChI=1S/C15H18N2S/c1-11-2-3-12(10-17-14-4-5-14)13(8-11)9-15-16-6-7-18-15/h2-3,6-8,14,17H,4-5,9-10H2,1H3. The van der Waals surface area contributed by atoms with Crippen LogP contribution in [0.25, 0.3) is 0 Å². The molecule has 0 spiro atoms. The normalized spacial score (nSPS) is 14.9. The molecule has 1 saturated carbocycles. The van der Waals surface area contributed by atoms with Crippen molar-refractivity contribution in [3.63, 3.8) is 0 Å². The zero-order chi connectivity index (χ0) is 12.4. The van der Waals surface area contributed by atoms with Crippen molar-refractivity contribution in [3.8, 4) is 0 Å². The fourth-order valence-electron chi connectivity index (χ4n) is 2.14. The zero-order valence-corrected chi connectivity index (χ0v) is 11.5. The average Bonchev–Trinajstić information content (AvgIpc) is 3.05. The maximum absolute atomic E-state index is 4.39. The lowest BCUT2D eigenvalue weighted by atomic mass is 10.0. The molecule has 0 unspecified atom stereocenters. The molecular formula is C15H18N2S. The molecule has 2 nitrogen and oxygen atoms in total. The van der Waals surface area contributed by atoms with Crippen LogP contribution in [0.15, 0.2) is 29.8 Å². The molecule has 1 aliphatic rings. The molecule has 18 heavy (non-hydrogen) atoms. The van der Waals surface area contributed by atoms with Crippen molar-refractivity contribution in [3.05, 3.63) is 51.5 Å². The molecule has 1 aliphatic carbocycles. The van der Waals surface area contributed by atoms with Gasteiger partial charge in [0, 0.05) is 30.6 Å². The Labute approximate surface area is 112 Å². The Kier molecular flexibility index (Phi) is 3.43. The highest BCUT2D eigenvalue weighted by Crippen LogP contribution is 2.22. The van der Waals surface area contributed by atoms with E-state index in [-0.39, 0.29) is 0 Å². The summed E-state index contributed by atoms with van der Waals surface area (Å²) in [7, 11) is 0. The third-order valence-corrected chi connectivity index (χ3v) is 4.13. The highest BCUT2D eigenvalue weighted by Gasteiger charge is 2.20. The van der Waals surface area contributed by atoms with E-state index in [1.807, 2.05) is 11.6 Å². The highest BCUT2D eigenvalue weighted by molar-refractivity contribution is 7.09. The summed E-state index contributed by atoms with van der Waals surface area (Å²) in [4.78, 5) is 4.39. The molecule has 1 aromatic heterocycles. The van der Waals surface area contributed by atoms with Crippen molar-refractivity contribution in [2.24, 2.45) is 0 Å². The number of hydrogen-bond donors (Lipinski definition) is 1. The van der Waals surface area contributed by atoms with Crippen LogP contribution in [0.4, 0.5) is 0 Å². The summed E-state index contributed by atoms with van der Waals surface area (Å²) in [6.07, 6.45) is 5.53. The Hall–Kier alpha value is -1.19. The molecule has 1 N–H and O–H groups in total. The maximum atomic E-state index is 4.39. The van der Waals surface area contributed by atoms with E-state index in [4.69, 9.17) is 0 Å². The first-order valence-corrected chi connectivity index (χ1v) is 7.39. The van der Waals surface area contributed by atoms with E-state index in [2.05, 4.69) is 35.4 Å². The van der Waals surface area contributed by atoms with Crippen molar-refractivity contribution < 1.29 is 0 Å². The third kappa shape index (κ3) is 2.98. The number of nitrogens with zero attached hydrogens (tertiary/aromatic N) is 1. The summed E-state index contributed by atoms with van der Waals surface area (Å²) in [6.45, 7) is 3.15. The van der Waals surface area contributed by atoms with Gasteiger partial charge in [-0.3, -0.25) is 0 Å². The molecule has 0 radical (unpaired) electrons. The van der Waals surface area contributed by atoms with Crippen LogP contribution in [0, 0.1) is 6.92 Å². The summed E-state index contributed by atoms with van der Waals surface area (Å²) >= 11 is 1.74. The highest BCUT2D eigenvalue weighted by atomic mass is 32.1. The molecule has 1 fully saturated rings. The van der Waals surface area contributed by atoms with E-state index in [9.17, 15) is 0 Å². The van der Waals surface area contributed by atoms with Gasteiger partial charge in [-0.1, -0.05) is 23.8 Å². The molecule has 0 aliphatic heterocycles. The molecule has 3 heteroatoms. The van der Waals surface area contributed by atoms with E-state index in [0.717, 1.165) is 19.0 Å². The van der Waals surface area contributed by atoms with E-state index in [1.54, 1.807) is 11.3 Å². The molecule has 94 valence electrons. The second kappa shape index (κ2) is 5.21. The van der Waals surface area contributed by atoms with Gasteiger partial charge in [0.05, 0.1) is 5.01 Å². The number of thiazole rings is 1. The van der Waals surface area contributed by atoms with Crippen LogP contribution >= 0.6 is 11.3 Å². The van der Waals surface area contributed by atoms with Gasteiger partial charge in [0.25, 0.3) is 0 Å². The molecule has 1 aromatic carbocycles. The third-order valence-electron chi connectivity index (χ3n) is 3.35. The second-order valence-corrected chi connectivity index (χ2v) is 6.01.